The number of carbonyl (C=O) groups is 2. The van der Waals surface area contributed by atoms with Crippen molar-refractivity contribution < 1.29 is 19.8 Å². The van der Waals surface area contributed by atoms with Gasteiger partial charge in [0.2, 0.25) is 0 Å². The maximum Gasteiger partial charge on any atom is 0.303 e. The van der Waals surface area contributed by atoms with Gasteiger partial charge in [0.15, 0.2) is 0 Å². The van der Waals surface area contributed by atoms with E-state index in [1.165, 1.54) is 25.7 Å². The molecule has 0 aliphatic heterocycles. The minimum absolute atomic E-state index is 0.321. The quantitative estimate of drug-likeness (QED) is 0.268. The maximum atomic E-state index is 10.1. The van der Waals surface area contributed by atoms with E-state index in [0.717, 1.165) is 51.4 Å². The van der Waals surface area contributed by atoms with E-state index in [2.05, 4.69) is 13.2 Å². The van der Waals surface area contributed by atoms with E-state index < -0.39 is 11.9 Å². The molecule has 0 aliphatic carbocycles. The molecule has 4 nitrogen and oxygen atoms in total. The van der Waals surface area contributed by atoms with Crippen LogP contribution in [0.4, 0.5) is 0 Å². The molecule has 0 spiro atoms. The first-order valence-electron chi connectivity index (χ1n) is 9.20. The van der Waals surface area contributed by atoms with Gasteiger partial charge in [-0.1, -0.05) is 50.7 Å². The van der Waals surface area contributed by atoms with Crippen molar-refractivity contribution in [2.75, 3.05) is 0 Å². The van der Waals surface area contributed by atoms with Crippen molar-refractivity contribution in [3.8, 4) is 0 Å². The van der Waals surface area contributed by atoms with E-state index in [4.69, 9.17) is 10.2 Å². The Morgan fingerprint density at radius 3 is 1.17 bits per heavy atom. The van der Waals surface area contributed by atoms with Gasteiger partial charge in [0.1, 0.15) is 0 Å². The third-order valence-electron chi connectivity index (χ3n) is 3.60. The van der Waals surface area contributed by atoms with Crippen molar-refractivity contribution in [3.05, 3.63) is 25.3 Å². The van der Waals surface area contributed by atoms with E-state index in [1.54, 1.807) is 0 Å². The van der Waals surface area contributed by atoms with E-state index in [1.807, 2.05) is 12.2 Å². The van der Waals surface area contributed by atoms with Crippen LogP contribution in [-0.2, 0) is 9.59 Å². The smallest absolute Gasteiger partial charge is 0.303 e. The van der Waals surface area contributed by atoms with Crippen LogP contribution >= 0.6 is 0 Å². The van der Waals surface area contributed by atoms with Crippen molar-refractivity contribution in [2.45, 2.75) is 89.9 Å². The van der Waals surface area contributed by atoms with E-state index in [9.17, 15) is 9.59 Å². The molecule has 0 fully saturated rings. The molecule has 0 atom stereocenters. The Bertz CT molecular complexity index is 292. The fourth-order valence-corrected chi connectivity index (χ4v) is 2.19. The van der Waals surface area contributed by atoms with Crippen LogP contribution < -0.4 is 0 Å². The van der Waals surface area contributed by atoms with Crippen LogP contribution in [0, 0.1) is 0 Å². The van der Waals surface area contributed by atoms with Crippen molar-refractivity contribution >= 4 is 11.9 Å². The summed E-state index contributed by atoms with van der Waals surface area (Å²) in [6.45, 7) is 7.28. The number of rotatable bonds is 16. The lowest BCUT2D eigenvalue weighted by Gasteiger charge is -1.97. The Hall–Kier alpha value is -1.58. The van der Waals surface area contributed by atoms with Gasteiger partial charge in [-0.15, -0.1) is 13.2 Å². The second kappa shape index (κ2) is 21.4. The fraction of sp³-hybridized carbons (Fsp3) is 0.700. The molecule has 140 valence electrons. The van der Waals surface area contributed by atoms with Crippen molar-refractivity contribution in [2.24, 2.45) is 0 Å². The van der Waals surface area contributed by atoms with Gasteiger partial charge in [0.05, 0.1) is 0 Å². The monoisotopic (exact) mass is 340 g/mol. The molecule has 0 aromatic rings. The summed E-state index contributed by atoms with van der Waals surface area (Å²) >= 11 is 0. The molecule has 0 heterocycles. The lowest BCUT2D eigenvalue weighted by Crippen LogP contribution is -1.93. The molecule has 0 saturated carbocycles. The predicted molar refractivity (Wildman–Crippen MR) is 100 cm³/mol. The molecule has 0 aromatic heterocycles. The van der Waals surface area contributed by atoms with Crippen LogP contribution in [0.25, 0.3) is 0 Å². The first-order chi connectivity index (χ1) is 11.5. The second-order valence-electron chi connectivity index (χ2n) is 5.98. The zero-order valence-electron chi connectivity index (χ0n) is 15.2. The Balaban J connectivity index is 0. The average Bonchev–Trinajstić information content (AvgIpc) is 2.53. The Morgan fingerprint density at radius 2 is 0.875 bits per heavy atom. The number of allylic oxidation sites excluding steroid dienone is 2. The van der Waals surface area contributed by atoms with E-state index >= 15 is 0 Å². The van der Waals surface area contributed by atoms with E-state index in [0.29, 0.717) is 12.8 Å². The third-order valence-corrected chi connectivity index (χ3v) is 3.60. The molecular formula is C20H36O4. The van der Waals surface area contributed by atoms with Gasteiger partial charge in [-0.2, -0.15) is 0 Å². The maximum absolute atomic E-state index is 10.1. The highest BCUT2D eigenvalue weighted by atomic mass is 16.4. The Labute approximate surface area is 147 Å². The summed E-state index contributed by atoms with van der Waals surface area (Å²) in [5.41, 5.74) is 0. The topological polar surface area (TPSA) is 74.6 Å². The zero-order valence-corrected chi connectivity index (χ0v) is 15.2. The third kappa shape index (κ3) is 28.6. The molecule has 4 heteroatoms. The molecule has 0 aliphatic rings. The molecule has 0 saturated heterocycles. The molecule has 0 rings (SSSR count). The highest BCUT2D eigenvalue weighted by molar-refractivity contribution is 5.66. The standard InChI is InChI=1S/2C10H18O2/c2*1-2-3-4-5-6-7-8-9-10(11)12/h2*2H,1,3-9H2,(H,11,12). The summed E-state index contributed by atoms with van der Waals surface area (Å²) in [5.74, 6) is -1.36. The normalized spacial score (nSPS) is 9.67. The minimum atomic E-state index is -0.680. The molecule has 2 N–H and O–H groups in total. The van der Waals surface area contributed by atoms with Crippen LogP contribution in [-0.4, -0.2) is 22.2 Å². The van der Waals surface area contributed by atoms with Crippen LogP contribution in [0.5, 0.6) is 0 Å². The van der Waals surface area contributed by atoms with Gasteiger partial charge >= 0.3 is 11.9 Å². The van der Waals surface area contributed by atoms with Crippen LogP contribution in [0.1, 0.15) is 89.9 Å². The molecule has 0 unspecified atom stereocenters. The highest BCUT2D eigenvalue weighted by Gasteiger charge is 1.96. The Morgan fingerprint density at radius 1 is 0.583 bits per heavy atom. The molecule has 0 aromatic carbocycles. The van der Waals surface area contributed by atoms with Gasteiger partial charge < -0.3 is 10.2 Å². The SMILES string of the molecule is C=CCCCCCCCC(=O)O.C=CCCCCCCCC(=O)O. The van der Waals surface area contributed by atoms with Crippen LogP contribution in [0.3, 0.4) is 0 Å². The van der Waals surface area contributed by atoms with Crippen molar-refractivity contribution in [1.82, 2.24) is 0 Å². The fourth-order valence-electron chi connectivity index (χ4n) is 2.19. The van der Waals surface area contributed by atoms with Gasteiger partial charge in [0, 0.05) is 12.8 Å². The first kappa shape index (κ1) is 24.7. The molecule has 24 heavy (non-hydrogen) atoms. The molecule has 0 radical (unpaired) electrons. The summed E-state index contributed by atoms with van der Waals surface area (Å²) in [6.07, 6.45) is 17.5. The van der Waals surface area contributed by atoms with E-state index in [-0.39, 0.29) is 0 Å². The number of hydrogen-bond acceptors (Lipinski definition) is 2. The van der Waals surface area contributed by atoms with Gasteiger partial charge in [-0.3, -0.25) is 9.59 Å². The van der Waals surface area contributed by atoms with Crippen LogP contribution in [0.15, 0.2) is 25.3 Å². The number of hydrogen-bond donors (Lipinski definition) is 2. The Kier molecular flexibility index (Phi) is 22.0. The van der Waals surface area contributed by atoms with Crippen molar-refractivity contribution in [1.29, 1.82) is 0 Å². The lowest BCUT2D eigenvalue weighted by atomic mass is 10.1. The number of aliphatic carboxylic acids is 2. The number of carboxylic acids is 2. The first-order valence-corrected chi connectivity index (χ1v) is 9.20. The van der Waals surface area contributed by atoms with Gasteiger partial charge in [-0.05, 0) is 38.5 Å². The molecule has 0 bridgehead atoms. The molecule has 0 amide bonds. The number of unbranched alkanes of at least 4 members (excludes halogenated alkanes) is 10. The summed E-state index contributed by atoms with van der Waals surface area (Å²) < 4.78 is 0. The second-order valence-corrected chi connectivity index (χ2v) is 5.98. The lowest BCUT2D eigenvalue weighted by molar-refractivity contribution is -0.138. The van der Waals surface area contributed by atoms with Crippen LogP contribution in [0.2, 0.25) is 0 Å². The predicted octanol–water partition coefficient (Wildman–Crippen LogP) is 5.98. The summed E-state index contributed by atoms with van der Waals surface area (Å²) in [4.78, 5) is 20.2. The summed E-state index contributed by atoms with van der Waals surface area (Å²) in [5, 5.41) is 16.7. The molecular weight excluding hydrogens is 304 g/mol. The summed E-state index contributed by atoms with van der Waals surface area (Å²) in [6, 6.07) is 0. The highest BCUT2D eigenvalue weighted by Crippen LogP contribution is 2.07. The van der Waals surface area contributed by atoms with Gasteiger partial charge in [-0.25, -0.2) is 0 Å². The zero-order chi connectivity index (χ0) is 18.5. The average molecular weight is 341 g/mol. The van der Waals surface area contributed by atoms with Gasteiger partial charge in [0.25, 0.3) is 0 Å². The summed E-state index contributed by atoms with van der Waals surface area (Å²) in [7, 11) is 0. The number of carboxylic acid groups (broad SMARTS) is 2. The largest absolute Gasteiger partial charge is 0.481 e. The minimum Gasteiger partial charge on any atom is -0.481 e. The van der Waals surface area contributed by atoms with Crippen molar-refractivity contribution in [3.63, 3.8) is 0 Å².